The Hall–Kier alpha value is -3.88. The first-order valence-electron chi connectivity index (χ1n) is 18.3. The van der Waals surface area contributed by atoms with E-state index in [-0.39, 0.29) is 38.4 Å². The van der Waals surface area contributed by atoms with Gasteiger partial charge < -0.3 is 28.4 Å². The number of fused-ring (bicyclic) bond motifs is 2. The highest BCUT2D eigenvalue weighted by Crippen LogP contribution is 2.43. The van der Waals surface area contributed by atoms with Crippen molar-refractivity contribution in [2.24, 2.45) is 0 Å². The van der Waals surface area contributed by atoms with Gasteiger partial charge in [0.15, 0.2) is 12.2 Å². The molecule has 0 N–H and O–H groups in total. The Balaban J connectivity index is 1.85. The van der Waals surface area contributed by atoms with Crippen molar-refractivity contribution in [3.63, 3.8) is 0 Å². The largest absolute Gasteiger partial charge is 0.488 e. The van der Waals surface area contributed by atoms with Crippen LogP contribution in [0.1, 0.15) is 91.9 Å². The van der Waals surface area contributed by atoms with E-state index in [1.54, 1.807) is 0 Å². The number of benzene rings is 3. The normalized spacial score (nSPS) is 12.4. The zero-order valence-corrected chi connectivity index (χ0v) is 30.8. The van der Waals surface area contributed by atoms with Gasteiger partial charge in [-0.2, -0.15) is 0 Å². The minimum atomic E-state index is -0.599. The Kier molecular flexibility index (Phi) is 18.5. The van der Waals surface area contributed by atoms with Crippen LogP contribution in [0.4, 0.5) is 0 Å². The predicted molar refractivity (Wildman–Crippen MR) is 201 cm³/mol. The number of carbonyl (C=O) groups is 2. The fourth-order valence-corrected chi connectivity index (χ4v) is 5.56. The third-order valence-corrected chi connectivity index (χ3v) is 8.03. The highest BCUT2D eigenvalue weighted by molar-refractivity contribution is 6.11. The Morgan fingerprint density at radius 3 is 1.24 bits per heavy atom. The van der Waals surface area contributed by atoms with Gasteiger partial charge in [-0.15, -0.1) is 0 Å². The molecule has 8 nitrogen and oxygen atoms in total. The molecule has 0 aliphatic rings. The minimum Gasteiger partial charge on any atom is -0.488 e. The maximum atomic E-state index is 12.8. The van der Waals surface area contributed by atoms with Crippen LogP contribution in [0.2, 0.25) is 0 Å². The molecule has 2 unspecified atom stereocenters. The molecule has 3 aromatic carbocycles. The molecular weight excluding hydrogens is 632 g/mol. The van der Waals surface area contributed by atoms with Gasteiger partial charge in [-0.25, -0.2) is 0 Å². The molecule has 3 rings (SSSR count). The lowest BCUT2D eigenvalue weighted by molar-refractivity contribution is -0.154. The molecule has 8 heteroatoms. The summed E-state index contributed by atoms with van der Waals surface area (Å²) >= 11 is 0. The monoisotopic (exact) mass is 690 g/mol. The van der Waals surface area contributed by atoms with Crippen LogP contribution in [-0.2, 0) is 28.5 Å². The smallest absolute Gasteiger partial charge is 0.306 e. The Bertz CT molecular complexity index is 1340. The number of hydrogen-bond donors (Lipinski definition) is 0. The van der Waals surface area contributed by atoms with Crippen LogP contribution in [0.15, 0.2) is 72.8 Å². The van der Waals surface area contributed by atoms with Crippen LogP contribution in [0.5, 0.6) is 11.5 Å². The van der Waals surface area contributed by atoms with Crippen LogP contribution >= 0.6 is 0 Å². The maximum Gasteiger partial charge on any atom is 0.306 e. The van der Waals surface area contributed by atoms with Crippen molar-refractivity contribution in [2.75, 3.05) is 39.6 Å². The summed E-state index contributed by atoms with van der Waals surface area (Å²) in [5.41, 5.74) is 1.77. The van der Waals surface area contributed by atoms with Gasteiger partial charge in [-0.3, -0.25) is 9.59 Å². The van der Waals surface area contributed by atoms with Gasteiger partial charge in [-0.05, 0) is 26.7 Å². The second kappa shape index (κ2) is 22.8. The van der Waals surface area contributed by atoms with Crippen molar-refractivity contribution in [1.82, 2.24) is 0 Å². The topological polar surface area (TPSA) is 89.5 Å². The van der Waals surface area contributed by atoms with E-state index < -0.39 is 12.2 Å². The molecule has 0 bridgehead atoms. The van der Waals surface area contributed by atoms with Gasteiger partial charge in [0.05, 0.1) is 26.4 Å². The Morgan fingerprint density at radius 2 is 0.920 bits per heavy atom. The average molecular weight is 691 g/mol. The molecule has 50 heavy (non-hydrogen) atoms. The number of hydrogen-bond acceptors (Lipinski definition) is 8. The van der Waals surface area contributed by atoms with Crippen LogP contribution in [0.3, 0.4) is 0 Å². The van der Waals surface area contributed by atoms with E-state index >= 15 is 0 Å². The second-order valence-electron chi connectivity index (χ2n) is 13.2. The molecule has 0 aliphatic carbocycles. The highest BCUT2D eigenvalue weighted by atomic mass is 16.6. The zero-order chi connectivity index (χ0) is 36.1. The SMILES string of the molecule is C=C(C)COCC(COc1c2ccccc2c(OCC(COCC(=C)C)OC(=O)CCCCCC)c2ccccc12)OC(=O)CCCCCC. The standard InChI is InChI=1S/C42H58O8/c1-7-9-11-13-23-39(43)49-33(27-45-25-31(3)4)29-47-41-35-19-15-17-21-37(35)42(38-22-18-16-20-36(38)41)48-30-34(28-46-26-32(5)6)50-40(44)24-14-12-10-8-2/h15-22,33-34H,3,5,7-14,23-30H2,1-2,4,6H3. The number of esters is 2. The second-order valence-corrected chi connectivity index (χ2v) is 13.2. The summed E-state index contributed by atoms with van der Waals surface area (Å²) in [6.07, 6.45) is 7.49. The summed E-state index contributed by atoms with van der Waals surface area (Å²) in [7, 11) is 0. The van der Waals surface area contributed by atoms with Gasteiger partial charge in [0.1, 0.15) is 24.7 Å². The third-order valence-electron chi connectivity index (χ3n) is 8.03. The molecular formula is C42H58O8. The number of unbranched alkanes of at least 4 members (excludes halogenated alkanes) is 6. The first-order chi connectivity index (χ1) is 24.2. The van der Waals surface area contributed by atoms with Crippen LogP contribution in [0, 0.1) is 0 Å². The molecule has 2 atom stereocenters. The van der Waals surface area contributed by atoms with Crippen LogP contribution in [0.25, 0.3) is 21.5 Å². The van der Waals surface area contributed by atoms with Crippen molar-refractivity contribution in [1.29, 1.82) is 0 Å². The molecule has 0 aliphatic heterocycles. The van der Waals surface area contributed by atoms with E-state index in [2.05, 4.69) is 27.0 Å². The van der Waals surface area contributed by atoms with E-state index in [9.17, 15) is 9.59 Å². The zero-order valence-electron chi connectivity index (χ0n) is 30.8. The number of carbonyl (C=O) groups excluding carboxylic acids is 2. The fourth-order valence-electron chi connectivity index (χ4n) is 5.56. The van der Waals surface area contributed by atoms with E-state index in [1.807, 2.05) is 62.4 Å². The number of rotatable bonds is 26. The predicted octanol–water partition coefficient (Wildman–Crippen LogP) is 9.70. The summed E-state index contributed by atoms with van der Waals surface area (Å²) in [6.45, 7) is 17.2. The lowest BCUT2D eigenvalue weighted by Gasteiger charge is -2.23. The summed E-state index contributed by atoms with van der Waals surface area (Å²) in [5.74, 6) is 0.811. The van der Waals surface area contributed by atoms with Crippen molar-refractivity contribution >= 4 is 33.5 Å². The first-order valence-corrected chi connectivity index (χ1v) is 18.3. The summed E-state index contributed by atoms with van der Waals surface area (Å²) in [4.78, 5) is 25.5. The van der Waals surface area contributed by atoms with Crippen LogP contribution in [-0.4, -0.2) is 63.8 Å². The van der Waals surface area contributed by atoms with E-state index in [4.69, 9.17) is 28.4 Å². The summed E-state index contributed by atoms with van der Waals surface area (Å²) in [6, 6.07) is 15.7. The highest BCUT2D eigenvalue weighted by Gasteiger charge is 2.22. The van der Waals surface area contributed by atoms with Gasteiger partial charge >= 0.3 is 11.9 Å². The van der Waals surface area contributed by atoms with E-state index in [0.29, 0.717) is 37.6 Å². The van der Waals surface area contributed by atoms with Gasteiger partial charge in [0, 0.05) is 34.4 Å². The van der Waals surface area contributed by atoms with Gasteiger partial charge in [-0.1, -0.05) is 125 Å². The van der Waals surface area contributed by atoms with Gasteiger partial charge in [0.2, 0.25) is 0 Å². The van der Waals surface area contributed by atoms with Crippen LogP contribution < -0.4 is 9.47 Å². The molecule has 0 saturated heterocycles. The van der Waals surface area contributed by atoms with Gasteiger partial charge in [0.25, 0.3) is 0 Å². The molecule has 0 saturated carbocycles. The molecule has 0 amide bonds. The van der Waals surface area contributed by atoms with Crippen molar-refractivity contribution in [2.45, 2.75) is 104 Å². The maximum absolute atomic E-state index is 12.8. The Morgan fingerprint density at radius 1 is 0.560 bits per heavy atom. The summed E-state index contributed by atoms with van der Waals surface area (Å²) in [5, 5.41) is 3.38. The molecule has 0 spiro atoms. The third kappa shape index (κ3) is 14.2. The summed E-state index contributed by atoms with van der Waals surface area (Å²) < 4.78 is 36.4. The van der Waals surface area contributed by atoms with Crippen molar-refractivity contribution in [3.05, 3.63) is 72.8 Å². The van der Waals surface area contributed by atoms with Crippen molar-refractivity contribution in [3.8, 4) is 11.5 Å². The van der Waals surface area contributed by atoms with E-state index in [1.165, 1.54) is 0 Å². The quantitative estimate of drug-likeness (QED) is 0.0356. The first kappa shape index (κ1) is 40.5. The molecule has 0 aromatic heterocycles. The lowest BCUT2D eigenvalue weighted by atomic mass is 10.0. The molecule has 0 heterocycles. The van der Waals surface area contributed by atoms with E-state index in [0.717, 1.165) is 84.1 Å². The van der Waals surface area contributed by atoms with Crippen molar-refractivity contribution < 1.29 is 38.0 Å². The minimum absolute atomic E-state index is 0.113. The number of ether oxygens (including phenoxy) is 6. The fraction of sp³-hybridized carbons (Fsp3) is 0.524. The average Bonchev–Trinajstić information content (AvgIpc) is 3.09. The molecule has 0 fully saturated rings. The molecule has 3 aromatic rings. The molecule has 0 radical (unpaired) electrons. The Labute approximate surface area is 299 Å². The lowest BCUT2D eigenvalue weighted by Crippen LogP contribution is -2.30. The molecule has 274 valence electrons.